The summed E-state index contributed by atoms with van der Waals surface area (Å²) in [6.45, 7) is 3.04. The maximum atomic E-state index is 13.7. The number of aryl methyl sites for hydroxylation is 1. The molecule has 0 spiro atoms. The van der Waals surface area contributed by atoms with Crippen molar-refractivity contribution < 1.29 is 4.39 Å². The molecule has 2 N–H and O–H groups in total. The smallest absolute Gasteiger partial charge is 0.128 e. The summed E-state index contributed by atoms with van der Waals surface area (Å²) in [6, 6.07) is 5.03. The van der Waals surface area contributed by atoms with E-state index >= 15 is 0 Å². The van der Waals surface area contributed by atoms with E-state index in [1.165, 1.54) is 6.07 Å². The molecule has 18 heavy (non-hydrogen) atoms. The Hall–Kier alpha value is -1.68. The number of halogens is 1. The van der Waals surface area contributed by atoms with Crippen LogP contribution in [-0.2, 0) is 19.5 Å². The maximum Gasteiger partial charge on any atom is 0.128 e. The van der Waals surface area contributed by atoms with E-state index < -0.39 is 0 Å². The van der Waals surface area contributed by atoms with Crippen LogP contribution in [0.3, 0.4) is 0 Å². The lowest BCUT2D eigenvalue weighted by Crippen LogP contribution is -2.07. The summed E-state index contributed by atoms with van der Waals surface area (Å²) in [6.07, 6.45) is 5.59. The van der Waals surface area contributed by atoms with Gasteiger partial charge in [0.1, 0.15) is 11.6 Å². The number of nitrogens with two attached hydrogens (primary N) is 1. The van der Waals surface area contributed by atoms with Gasteiger partial charge in [-0.25, -0.2) is 9.37 Å². The normalized spacial score (nSPS) is 10.8. The number of hydrogen-bond donors (Lipinski definition) is 1. The van der Waals surface area contributed by atoms with Crippen LogP contribution < -0.4 is 5.73 Å². The van der Waals surface area contributed by atoms with E-state index in [0.29, 0.717) is 18.7 Å². The second-order valence-corrected chi connectivity index (χ2v) is 4.35. The van der Waals surface area contributed by atoms with Gasteiger partial charge in [-0.15, -0.1) is 0 Å². The third kappa shape index (κ3) is 2.76. The fourth-order valence-electron chi connectivity index (χ4n) is 2.00. The van der Waals surface area contributed by atoms with Gasteiger partial charge in [0.15, 0.2) is 0 Å². The van der Waals surface area contributed by atoms with Crippen LogP contribution in [0.1, 0.15) is 30.3 Å². The second-order valence-electron chi connectivity index (χ2n) is 4.35. The minimum absolute atomic E-state index is 0.191. The quantitative estimate of drug-likeness (QED) is 0.882. The highest BCUT2D eigenvalue weighted by molar-refractivity contribution is 5.25. The van der Waals surface area contributed by atoms with E-state index in [1.807, 2.05) is 16.8 Å². The first-order chi connectivity index (χ1) is 8.74. The monoisotopic (exact) mass is 247 g/mol. The molecule has 96 valence electrons. The molecule has 0 unspecified atom stereocenters. The molecule has 4 heteroatoms. The van der Waals surface area contributed by atoms with E-state index in [0.717, 1.165) is 24.2 Å². The van der Waals surface area contributed by atoms with E-state index in [1.54, 1.807) is 12.3 Å². The molecule has 0 fully saturated rings. The van der Waals surface area contributed by atoms with Gasteiger partial charge in [-0.1, -0.05) is 13.0 Å². The Morgan fingerprint density at radius 3 is 2.94 bits per heavy atom. The predicted octanol–water partition coefficient (Wildman–Crippen LogP) is 2.48. The van der Waals surface area contributed by atoms with Crippen molar-refractivity contribution >= 4 is 0 Å². The molecule has 1 aromatic carbocycles. The summed E-state index contributed by atoms with van der Waals surface area (Å²) in [5, 5.41) is 0. The molecule has 0 saturated heterocycles. The summed E-state index contributed by atoms with van der Waals surface area (Å²) in [5.41, 5.74) is 7.19. The lowest BCUT2D eigenvalue weighted by molar-refractivity contribution is 0.592. The van der Waals surface area contributed by atoms with Crippen molar-refractivity contribution in [3.8, 4) is 0 Å². The molecule has 0 aliphatic heterocycles. The first kappa shape index (κ1) is 12.8. The molecule has 0 bridgehead atoms. The first-order valence-electron chi connectivity index (χ1n) is 6.22. The van der Waals surface area contributed by atoms with Gasteiger partial charge in [-0.05, 0) is 24.1 Å². The van der Waals surface area contributed by atoms with Gasteiger partial charge in [0, 0.05) is 30.9 Å². The van der Waals surface area contributed by atoms with Gasteiger partial charge in [0.05, 0.1) is 6.54 Å². The zero-order valence-corrected chi connectivity index (χ0v) is 10.6. The Balaban J connectivity index is 2.24. The van der Waals surface area contributed by atoms with Crippen LogP contribution >= 0.6 is 0 Å². The van der Waals surface area contributed by atoms with Crippen LogP contribution in [0.25, 0.3) is 0 Å². The molecule has 1 aromatic heterocycles. The number of aromatic nitrogens is 2. The third-order valence-electron chi connectivity index (χ3n) is 2.96. The van der Waals surface area contributed by atoms with Crippen LogP contribution in [0.2, 0.25) is 0 Å². The molecule has 0 saturated carbocycles. The first-order valence-corrected chi connectivity index (χ1v) is 6.22. The zero-order valence-electron chi connectivity index (χ0n) is 10.6. The van der Waals surface area contributed by atoms with Crippen LogP contribution in [-0.4, -0.2) is 9.55 Å². The summed E-state index contributed by atoms with van der Waals surface area (Å²) in [4.78, 5) is 4.29. The van der Waals surface area contributed by atoms with E-state index in [2.05, 4.69) is 11.9 Å². The highest BCUT2D eigenvalue weighted by Gasteiger charge is 2.07. The zero-order chi connectivity index (χ0) is 13.0. The summed E-state index contributed by atoms with van der Waals surface area (Å²) >= 11 is 0. The van der Waals surface area contributed by atoms with Crippen molar-refractivity contribution in [3.63, 3.8) is 0 Å². The number of nitrogens with zero attached hydrogens (tertiary/aromatic N) is 2. The number of imidazole rings is 1. The molecule has 0 aliphatic carbocycles. The molecule has 0 atom stereocenters. The highest BCUT2D eigenvalue weighted by Crippen LogP contribution is 2.13. The molecule has 3 nitrogen and oxygen atoms in total. The van der Waals surface area contributed by atoms with Gasteiger partial charge in [-0.3, -0.25) is 0 Å². The van der Waals surface area contributed by atoms with Crippen molar-refractivity contribution in [3.05, 3.63) is 53.4 Å². The van der Waals surface area contributed by atoms with Crippen LogP contribution in [0, 0.1) is 5.82 Å². The van der Waals surface area contributed by atoms with Crippen molar-refractivity contribution in [1.82, 2.24) is 9.55 Å². The predicted molar refractivity (Wildman–Crippen MR) is 69.6 cm³/mol. The average Bonchev–Trinajstić information content (AvgIpc) is 2.80. The summed E-state index contributed by atoms with van der Waals surface area (Å²) in [5.74, 6) is 0.804. The molecule has 1 heterocycles. The van der Waals surface area contributed by atoms with Crippen LogP contribution in [0.5, 0.6) is 0 Å². The SMILES string of the molecule is CCCc1nccn1Cc1cc(CN)ccc1F. The van der Waals surface area contributed by atoms with Gasteiger partial charge in [-0.2, -0.15) is 0 Å². The number of hydrogen-bond acceptors (Lipinski definition) is 2. The van der Waals surface area contributed by atoms with Gasteiger partial charge in [0.2, 0.25) is 0 Å². The van der Waals surface area contributed by atoms with Crippen molar-refractivity contribution in [2.75, 3.05) is 0 Å². The Kier molecular flexibility index (Phi) is 4.10. The van der Waals surface area contributed by atoms with E-state index in [-0.39, 0.29) is 5.82 Å². The maximum absolute atomic E-state index is 13.7. The molecule has 0 aliphatic rings. The highest BCUT2D eigenvalue weighted by atomic mass is 19.1. The van der Waals surface area contributed by atoms with Gasteiger partial charge >= 0.3 is 0 Å². The Morgan fingerprint density at radius 1 is 1.39 bits per heavy atom. The lowest BCUT2D eigenvalue weighted by atomic mass is 10.1. The topological polar surface area (TPSA) is 43.8 Å². The van der Waals surface area contributed by atoms with E-state index in [9.17, 15) is 4.39 Å². The molecular weight excluding hydrogens is 229 g/mol. The Labute approximate surface area is 106 Å². The minimum Gasteiger partial charge on any atom is -0.330 e. The second kappa shape index (κ2) is 5.78. The Morgan fingerprint density at radius 2 is 2.22 bits per heavy atom. The average molecular weight is 247 g/mol. The standard InChI is InChI=1S/C14H18FN3/c1-2-3-14-17-6-7-18(14)10-12-8-11(9-16)4-5-13(12)15/h4-8H,2-3,9-10,16H2,1H3. The third-order valence-corrected chi connectivity index (χ3v) is 2.96. The van der Waals surface area contributed by atoms with Crippen LogP contribution in [0.4, 0.5) is 4.39 Å². The minimum atomic E-state index is -0.191. The largest absolute Gasteiger partial charge is 0.330 e. The summed E-state index contributed by atoms with van der Waals surface area (Å²) in [7, 11) is 0. The number of rotatable bonds is 5. The lowest BCUT2D eigenvalue weighted by Gasteiger charge is -2.09. The van der Waals surface area contributed by atoms with E-state index in [4.69, 9.17) is 5.73 Å². The summed E-state index contributed by atoms with van der Waals surface area (Å²) < 4.78 is 15.7. The van der Waals surface area contributed by atoms with Gasteiger partial charge < -0.3 is 10.3 Å². The molecule has 2 aromatic rings. The fourth-order valence-corrected chi connectivity index (χ4v) is 2.00. The number of benzene rings is 1. The Bertz CT molecular complexity index is 520. The molecule has 0 radical (unpaired) electrons. The van der Waals surface area contributed by atoms with Crippen molar-refractivity contribution in [1.29, 1.82) is 0 Å². The van der Waals surface area contributed by atoms with Crippen molar-refractivity contribution in [2.24, 2.45) is 5.73 Å². The fraction of sp³-hybridized carbons (Fsp3) is 0.357. The molecule has 2 rings (SSSR count). The van der Waals surface area contributed by atoms with Crippen molar-refractivity contribution in [2.45, 2.75) is 32.9 Å². The molecule has 0 amide bonds. The van der Waals surface area contributed by atoms with Crippen LogP contribution in [0.15, 0.2) is 30.6 Å². The molecular formula is C14H18FN3. The van der Waals surface area contributed by atoms with Gasteiger partial charge in [0.25, 0.3) is 0 Å².